The molecule has 0 bridgehead atoms. The van der Waals surface area contributed by atoms with Crippen molar-refractivity contribution in [1.82, 2.24) is 0 Å². The fraction of sp³-hybridized carbons (Fsp3) is 0.222. The van der Waals surface area contributed by atoms with Crippen LogP contribution in [-0.2, 0) is 0 Å². The Morgan fingerprint density at radius 2 is 2.42 bits per heavy atom. The van der Waals surface area contributed by atoms with Crippen LogP contribution in [0.4, 0.5) is 5.69 Å². The molecule has 1 unspecified atom stereocenters. The summed E-state index contributed by atoms with van der Waals surface area (Å²) in [4.78, 5) is 0. The summed E-state index contributed by atoms with van der Waals surface area (Å²) in [6.45, 7) is 0.701. The molecule has 0 saturated heterocycles. The van der Waals surface area contributed by atoms with Crippen LogP contribution < -0.4 is 5.32 Å². The lowest BCUT2D eigenvalue weighted by Crippen LogP contribution is -1.97. The fourth-order valence-electron chi connectivity index (χ4n) is 1.42. The molecule has 3 heteroatoms. The molecule has 0 saturated carbocycles. The highest BCUT2D eigenvalue weighted by atomic mass is 35.5. The third-order valence-corrected chi connectivity index (χ3v) is 2.28. The summed E-state index contributed by atoms with van der Waals surface area (Å²) in [5.41, 5.74) is 2.05. The van der Waals surface area contributed by atoms with E-state index in [1.807, 2.05) is 18.2 Å². The minimum absolute atomic E-state index is 0.0429. The van der Waals surface area contributed by atoms with Crippen LogP contribution in [0.15, 0.2) is 18.2 Å². The molecule has 0 radical (unpaired) electrons. The van der Waals surface area contributed by atoms with Crippen molar-refractivity contribution < 1.29 is 0 Å². The molecule has 1 aliphatic rings. The number of rotatable bonds is 0. The molecular formula is C9H7ClN2. The molecule has 0 aromatic heterocycles. The van der Waals surface area contributed by atoms with Gasteiger partial charge >= 0.3 is 0 Å². The van der Waals surface area contributed by atoms with E-state index in [1.54, 1.807) is 0 Å². The van der Waals surface area contributed by atoms with Crippen molar-refractivity contribution in [1.29, 1.82) is 5.26 Å². The molecule has 1 atom stereocenters. The van der Waals surface area contributed by atoms with Crippen molar-refractivity contribution in [2.75, 3.05) is 11.9 Å². The number of hydrogen-bond donors (Lipinski definition) is 1. The maximum atomic E-state index is 8.77. The summed E-state index contributed by atoms with van der Waals surface area (Å²) in [5.74, 6) is -0.0429. The van der Waals surface area contributed by atoms with E-state index in [0.29, 0.717) is 11.6 Å². The number of nitriles is 1. The van der Waals surface area contributed by atoms with Crippen molar-refractivity contribution in [3.63, 3.8) is 0 Å². The van der Waals surface area contributed by atoms with Crippen molar-refractivity contribution in [3.05, 3.63) is 28.8 Å². The molecular weight excluding hydrogens is 172 g/mol. The number of nitrogens with one attached hydrogen (secondary N) is 1. The van der Waals surface area contributed by atoms with Gasteiger partial charge in [0.05, 0.1) is 12.0 Å². The van der Waals surface area contributed by atoms with Crippen LogP contribution in [0.2, 0.25) is 5.02 Å². The summed E-state index contributed by atoms with van der Waals surface area (Å²) >= 11 is 5.81. The predicted octanol–water partition coefficient (Wildman–Crippen LogP) is 2.37. The Labute approximate surface area is 75.8 Å². The van der Waals surface area contributed by atoms with Gasteiger partial charge in [0.15, 0.2) is 0 Å². The molecule has 60 valence electrons. The van der Waals surface area contributed by atoms with Crippen LogP contribution in [0, 0.1) is 11.3 Å². The second-order valence-corrected chi connectivity index (χ2v) is 3.23. The molecule has 0 amide bonds. The summed E-state index contributed by atoms with van der Waals surface area (Å²) in [6.07, 6.45) is 0. The van der Waals surface area contributed by atoms with Gasteiger partial charge in [0.2, 0.25) is 0 Å². The molecule has 2 nitrogen and oxygen atoms in total. The number of fused-ring (bicyclic) bond motifs is 1. The minimum Gasteiger partial charge on any atom is -0.383 e. The van der Waals surface area contributed by atoms with E-state index in [2.05, 4.69) is 11.4 Å². The molecule has 2 rings (SSSR count). The van der Waals surface area contributed by atoms with Gasteiger partial charge in [-0.05, 0) is 23.8 Å². The average Bonchev–Trinajstić information content (AvgIpc) is 2.46. The lowest BCUT2D eigenvalue weighted by Gasteiger charge is -1.99. The first-order valence-electron chi connectivity index (χ1n) is 3.74. The number of hydrogen-bond acceptors (Lipinski definition) is 2. The Kier molecular flexibility index (Phi) is 1.67. The largest absolute Gasteiger partial charge is 0.383 e. The average molecular weight is 179 g/mol. The zero-order valence-corrected chi connectivity index (χ0v) is 7.10. The van der Waals surface area contributed by atoms with Gasteiger partial charge in [-0.15, -0.1) is 0 Å². The summed E-state index contributed by atoms with van der Waals surface area (Å²) in [7, 11) is 0. The van der Waals surface area contributed by atoms with E-state index in [4.69, 9.17) is 16.9 Å². The first kappa shape index (κ1) is 7.45. The number of benzene rings is 1. The fourth-order valence-corrected chi connectivity index (χ4v) is 1.60. The quantitative estimate of drug-likeness (QED) is 0.662. The second kappa shape index (κ2) is 2.69. The molecule has 1 aromatic carbocycles. The van der Waals surface area contributed by atoms with Gasteiger partial charge in [0.25, 0.3) is 0 Å². The zero-order valence-electron chi connectivity index (χ0n) is 6.34. The van der Waals surface area contributed by atoms with E-state index in [1.165, 1.54) is 0 Å². The topological polar surface area (TPSA) is 35.8 Å². The Morgan fingerprint density at radius 3 is 3.17 bits per heavy atom. The Balaban J connectivity index is 2.51. The van der Waals surface area contributed by atoms with Gasteiger partial charge in [-0.1, -0.05) is 11.6 Å². The van der Waals surface area contributed by atoms with Crippen LogP contribution in [0.1, 0.15) is 11.5 Å². The van der Waals surface area contributed by atoms with Crippen molar-refractivity contribution in [2.45, 2.75) is 5.92 Å². The van der Waals surface area contributed by atoms with Crippen LogP contribution >= 0.6 is 11.6 Å². The first-order valence-corrected chi connectivity index (χ1v) is 4.12. The molecule has 0 fully saturated rings. The summed E-state index contributed by atoms with van der Waals surface area (Å²) < 4.78 is 0. The Hall–Kier alpha value is -1.20. The van der Waals surface area contributed by atoms with Crippen LogP contribution in [-0.4, -0.2) is 6.54 Å². The third kappa shape index (κ3) is 1.03. The molecule has 1 N–H and O–H groups in total. The van der Waals surface area contributed by atoms with Gasteiger partial charge in [-0.25, -0.2) is 0 Å². The highest BCUT2D eigenvalue weighted by molar-refractivity contribution is 6.30. The molecule has 1 heterocycles. The van der Waals surface area contributed by atoms with Crippen molar-refractivity contribution in [2.24, 2.45) is 0 Å². The molecule has 12 heavy (non-hydrogen) atoms. The van der Waals surface area contributed by atoms with E-state index < -0.39 is 0 Å². The number of nitrogens with zero attached hydrogens (tertiary/aromatic N) is 1. The van der Waals surface area contributed by atoms with Gasteiger partial charge in [-0.3, -0.25) is 0 Å². The highest BCUT2D eigenvalue weighted by Crippen LogP contribution is 2.32. The monoisotopic (exact) mass is 178 g/mol. The second-order valence-electron chi connectivity index (χ2n) is 2.79. The maximum absolute atomic E-state index is 8.77. The van der Waals surface area contributed by atoms with Gasteiger partial charge in [0, 0.05) is 17.3 Å². The molecule has 0 aliphatic carbocycles. The van der Waals surface area contributed by atoms with E-state index in [0.717, 1.165) is 11.3 Å². The minimum atomic E-state index is -0.0429. The number of anilines is 1. The van der Waals surface area contributed by atoms with Gasteiger partial charge < -0.3 is 5.32 Å². The zero-order chi connectivity index (χ0) is 8.55. The standard InChI is InChI=1S/C9H7ClN2/c10-7-1-2-9-8(3-7)6(4-11)5-12-9/h1-3,6,12H,5H2. The van der Waals surface area contributed by atoms with E-state index in [-0.39, 0.29) is 5.92 Å². The van der Waals surface area contributed by atoms with Crippen LogP contribution in [0.3, 0.4) is 0 Å². The Bertz CT molecular complexity index is 354. The highest BCUT2D eigenvalue weighted by Gasteiger charge is 2.21. The van der Waals surface area contributed by atoms with Crippen LogP contribution in [0.5, 0.6) is 0 Å². The Morgan fingerprint density at radius 1 is 1.58 bits per heavy atom. The smallest absolute Gasteiger partial charge is 0.0905 e. The van der Waals surface area contributed by atoms with Gasteiger partial charge in [0.1, 0.15) is 0 Å². The molecule has 0 spiro atoms. The molecule has 1 aromatic rings. The molecule has 1 aliphatic heterocycles. The van der Waals surface area contributed by atoms with E-state index in [9.17, 15) is 0 Å². The maximum Gasteiger partial charge on any atom is 0.0905 e. The SMILES string of the molecule is N#CC1CNc2ccc(Cl)cc21. The van der Waals surface area contributed by atoms with Crippen molar-refractivity contribution in [3.8, 4) is 6.07 Å². The van der Waals surface area contributed by atoms with E-state index >= 15 is 0 Å². The van der Waals surface area contributed by atoms with Crippen LogP contribution in [0.25, 0.3) is 0 Å². The summed E-state index contributed by atoms with van der Waals surface area (Å²) in [6, 6.07) is 7.82. The van der Waals surface area contributed by atoms with Crippen molar-refractivity contribution >= 4 is 17.3 Å². The predicted molar refractivity (Wildman–Crippen MR) is 48.3 cm³/mol. The number of halogens is 1. The summed E-state index contributed by atoms with van der Waals surface area (Å²) in [5, 5.41) is 12.6. The third-order valence-electron chi connectivity index (χ3n) is 2.04. The lowest BCUT2D eigenvalue weighted by molar-refractivity contribution is 0.963. The van der Waals surface area contributed by atoms with Gasteiger partial charge in [-0.2, -0.15) is 5.26 Å². The lowest BCUT2D eigenvalue weighted by atomic mass is 10.0. The first-order chi connectivity index (χ1) is 5.81. The normalized spacial score (nSPS) is 19.5.